The van der Waals surface area contributed by atoms with Crippen molar-refractivity contribution in [1.82, 2.24) is 19.9 Å². The lowest BCUT2D eigenvalue weighted by Gasteiger charge is -2.28. The van der Waals surface area contributed by atoms with Crippen LogP contribution in [-0.4, -0.2) is 50.1 Å². The highest BCUT2D eigenvalue weighted by molar-refractivity contribution is 5.74. The molecule has 2 aromatic heterocycles. The molecule has 0 aliphatic carbocycles. The third kappa shape index (κ3) is 3.93. The molecule has 1 unspecified atom stereocenters. The van der Waals surface area contributed by atoms with Crippen LogP contribution in [0.1, 0.15) is 31.5 Å². The van der Waals surface area contributed by atoms with Crippen LogP contribution in [-0.2, 0) is 17.8 Å². The van der Waals surface area contributed by atoms with E-state index in [0.717, 1.165) is 17.1 Å². The summed E-state index contributed by atoms with van der Waals surface area (Å²) < 4.78 is 0. The predicted octanol–water partition coefficient (Wildman–Crippen LogP) is 1.63. The van der Waals surface area contributed by atoms with Crippen LogP contribution >= 0.6 is 0 Å². The monoisotopic (exact) mass is 341 g/mol. The number of hydrogen-bond donors (Lipinski definition) is 2. The van der Waals surface area contributed by atoms with Crippen LogP contribution in [0.2, 0.25) is 0 Å². The fourth-order valence-electron chi connectivity index (χ4n) is 2.81. The van der Waals surface area contributed by atoms with Crippen molar-refractivity contribution in [1.29, 1.82) is 0 Å². The summed E-state index contributed by atoms with van der Waals surface area (Å²) in [5.41, 5.74) is 2.54. The number of aliphatic hydroxyl groups is 1. The van der Waals surface area contributed by atoms with Crippen molar-refractivity contribution in [2.24, 2.45) is 0 Å². The number of pyridine rings is 1. The van der Waals surface area contributed by atoms with Gasteiger partial charge in [-0.1, -0.05) is 13.0 Å². The van der Waals surface area contributed by atoms with E-state index in [-0.39, 0.29) is 5.91 Å². The van der Waals surface area contributed by atoms with Crippen LogP contribution < -0.4 is 5.32 Å². The molecule has 132 valence electrons. The highest BCUT2D eigenvalue weighted by Gasteiger charge is 2.24. The zero-order valence-corrected chi connectivity index (χ0v) is 14.6. The number of anilines is 1. The van der Waals surface area contributed by atoms with Crippen molar-refractivity contribution < 1.29 is 9.90 Å². The summed E-state index contributed by atoms with van der Waals surface area (Å²) in [4.78, 5) is 27.1. The molecule has 0 saturated heterocycles. The van der Waals surface area contributed by atoms with E-state index >= 15 is 0 Å². The Labute approximate surface area is 147 Å². The van der Waals surface area contributed by atoms with Gasteiger partial charge in [0.15, 0.2) is 5.82 Å². The molecule has 1 amide bonds. The number of fused-ring (bicyclic) bond motifs is 1. The van der Waals surface area contributed by atoms with E-state index in [1.54, 1.807) is 18.0 Å². The highest BCUT2D eigenvalue weighted by atomic mass is 16.3. The molecule has 0 spiro atoms. The molecule has 2 aromatic rings. The summed E-state index contributed by atoms with van der Waals surface area (Å²) in [6, 6.07) is 5.59. The first-order chi connectivity index (χ1) is 12.1. The van der Waals surface area contributed by atoms with Gasteiger partial charge < -0.3 is 15.3 Å². The number of aromatic nitrogens is 3. The number of nitrogens with one attached hydrogen (secondary N) is 1. The van der Waals surface area contributed by atoms with Crippen LogP contribution in [0.25, 0.3) is 11.5 Å². The van der Waals surface area contributed by atoms with Gasteiger partial charge in [-0.25, -0.2) is 9.97 Å². The molecule has 0 bridgehead atoms. The van der Waals surface area contributed by atoms with Crippen LogP contribution in [0.5, 0.6) is 0 Å². The third-order valence-electron chi connectivity index (χ3n) is 4.38. The molecule has 7 nitrogen and oxygen atoms in total. The van der Waals surface area contributed by atoms with Crippen LogP contribution in [0, 0.1) is 0 Å². The Hall–Kier alpha value is -2.54. The largest absolute Gasteiger partial charge is 0.391 e. The topological polar surface area (TPSA) is 91.2 Å². The van der Waals surface area contributed by atoms with E-state index in [2.05, 4.69) is 20.3 Å². The van der Waals surface area contributed by atoms with Crippen molar-refractivity contribution in [2.45, 2.75) is 39.3 Å². The zero-order chi connectivity index (χ0) is 17.8. The quantitative estimate of drug-likeness (QED) is 0.859. The van der Waals surface area contributed by atoms with Gasteiger partial charge in [0.2, 0.25) is 5.91 Å². The van der Waals surface area contributed by atoms with E-state index in [1.807, 2.05) is 25.1 Å². The normalized spacial score (nSPS) is 14.8. The van der Waals surface area contributed by atoms with E-state index in [4.69, 9.17) is 0 Å². The van der Waals surface area contributed by atoms with E-state index in [0.29, 0.717) is 44.0 Å². The first-order valence-corrected chi connectivity index (χ1v) is 8.57. The summed E-state index contributed by atoms with van der Waals surface area (Å²) in [5, 5.41) is 13.1. The van der Waals surface area contributed by atoms with Gasteiger partial charge in [-0.3, -0.25) is 9.78 Å². The minimum Gasteiger partial charge on any atom is -0.391 e. The van der Waals surface area contributed by atoms with Crippen LogP contribution in [0.3, 0.4) is 0 Å². The molecule has 3 rings (SSSR count). The zero-order valence-electron chi connectivity index (χ0n) is 14.6. The maximum Gasteiger partial charge on any atom is 0.219 e. The first kappa shape index (κ1) is 17.3. The molecule has 1 aliphatic heterocycles. The second-order valence-electron chi connectivity index (χ2n) is 6.17. The van der Waals surface area contributed by atoms with Gasteiger partial charge in [0.25, 0.3) is 0 Å². The number of carbonyl (C=O) groups is 1. The van der Waals surface area contributed by atoms with E-state index in [9.17, 15) is 9.90 Å². The number of hydrogen-bond acceptors (Lipinski definition) is 6. The number of nitrogens with zero attached hydrogens (tertiary/aromatic N) is 4. The van der Waals surface area contributed by atoms with Gasteiger partial charge in [0, 0.05) is 31.8 Å². The molecule has 0 saturated carbocycles. The Bertz CT molecular complexity index is 751. The van der Waals surface area contributed by atoms with Gasteiger partial charge in [-0.05, 0) is 25.0 Å². The number of amides is 1. The Morgan fingerprint density at radius 2 is 2.24 bits per heavy atom. The van der Waals surface area contributed by atoms with Crippen molar-refractivity contribution in [3.63, 3.8) is 0 Å². The van der Waals surface area contributed by atoms with Crippen LogP contribution in [0.4, 0.5) is 5.82 Å². The average molecular weight is 341 g/mol. The highest BCUT2D eigenvalue weighted by Crippen LogP contribution is 2.26. The SMILES string of the molecule is CCC(O)CNc1nc(-c2ccccn2)nc2c1CCN(C(C)=O)C2. The summed E-state index contributed by atoms with van der Waals surface area (Å²) in [6.45, 7) is 5.06. The van der Waals surface area contributed by atoms with Gasteiger partial charge in [0.05, 0.1) is 18.3 Å². The molecule has 0 radical (unpaired) electrons. The first-order valence-electron chi connectivity index (χ1n) is 8.57. The van der Waals surface area contributed by atoms with E-state index in [1.165, 1.54) is 0 Å². The molecule has 7 heteroatoms. The van der Waals surface area contributed by atoms with Crippen molar-refractivity contribution >= 4 is 11.7 Å². The Morgan fingerprint density at radius 1 is 1.40 bits per heavy atom. The molecule has 1 atom stereocenters. The second kappa shape index (κ2) is 7.57. The summed E-state index contributed by atoms with van der Waals surface area (Å²) >= 11 is 0. The van der Waals surface area contributed by atoms with Crippen molar-refractivity contribution in [2.75, 3.05) is 18.4 Å². The fourth-order valence-corrected chi connectivity index (χ4v) is 2.81. The third-order valence-corrected chi connectivity index (χ3v) is 4.38. The second-order valence-corrected chi connectivity index (χ2v) is 6.17. The van der Waals surface area contributed by atoms with Gasteiger partial charge >= 0.3 is 0 Å². The molecule has 1 aliphatic rings. The minimum atomic E-state index is -0.429. The summed E-state index contributed by atoms with van der Waals surface area (Å²) in [6.07, 6.45) is 2.64. The van der Waals surface area contributed by atoms with Gasteiger partial charge in [-0.2, -0.15) is 0 Å². The van der Waals surface area contributed by atoms with Crippen LogP contribution in [0.15, 0.2) is 24.4 Å². The lowest BCUT2D eigenvalue weighted by Crippen LogP contribution is -2.35. The Morgan fingerprint density at radius 3 is 2.92 bits per heavy atom. The van der Waals surface area contributed by atoms with Gasteiger partial charge in [-0.15, -0.1) is 0 Å². The minimum absolute atomic E-state index is 0.0413. The molecule has 25 heavy (non-hydrogen) atoms. The smallest absolute Gasteiger partial charge is 0.219 e. The molecular weight excluding hydrogens is 318 g/mol. The maximum atomic E-state index is 11.7. The average Bonchev–Trinajstić information content (AvgIpc) is 2.65. The van der Waals surface area contributed by atoms with E-state index < -0.39 is 6.10 Å². The lowest BCUT2D eigenvalue weighted by molar-refractivity contribution is -0.129. The standard InChI is InChI=1S/C18H23N5O2/c1-3-13(25)10-20-17-14-7-9-23(12(2)24)11-16(14)21-18(22-17)15-6-4-5-8-19-15/h4-6,8,13,25H,3,7,9-11H2,1-2H3,(H,20,21,22). The fraction of sp³-hybridized carbons (Fsp3) is 0.444. The lowest BCUT2D eigenvalue weighted by atomic mass is 10.0. The maximum absolute atomic E-state index is 11.7. The van der Waals surface area contributed by atoms with Gasteiger partial charge in [0.1, 0.15) is 11.5 Å². The molecule has 0 aromatic carbocycles. The Balaban J connectivity index is 1.98. The summed E-state index contributed by atoms with van der Waals surface area (Å²) in [7, 11) is 0. The number of aliphatic hydroxyl groups excluding tert-OH is 1. The number of carbonyl (C=O) groups excluding carboxylic acids is 1. The van der Waals surface area contributed by atoms with Crippen molar-refractivity contribution in [3.05, 3.63) is 35.7 Å². The van der Waals surface area contributed by atoms with Crippen molar-refractivity contribution in [3.8, 4) is 11.5 Å². The molecule has 2 N–H and O–H groups in total. The summed E-state index contributed by atoms with van der Waals surface area (Å²) in [5.74, 6) is 1.29. The molecular formula is C18H23N5O2. The molecule has 3 heterocycles. The molecule has 0 fully saturated rings. The number of rotatable bonds is 5. The Kier molecular flexibility index (Phi) is 5.23. The predicted molar refractivity (Wildman–Crippen MR) is 94.8 cm³/mol.